The molecule has 2 aromatic rings. The Kier molecular flexibility index (Phi) is 11.7. The Labute approximate surface area is 215 Å². The van der Waals surface area contributed by atoms with Crippen LogP contribution in [0, 0.1) is 0 Å². The van der Waals surface area contributed by atoms with Crippen molar-refractivity contribution in [1.29, 1.82) is 0 Å². The number of benzene rings is 2. The molecule has 180 valence electrons. The molecule has 7 heteroatoms. The fourth-order valence-corrected chi connectivity index (χ4v) is 4.05. The van der Waals surface area contributed by atoms with Gasteiger partial charge in [-0.05, 0) is 60.9 Å². The van der Waals surface area contributed by atoms with Gasteiger partial charge < -0.3 is 20.3 Å². The van der Waals surface area contributed by atoms with Gasteiger partial charge in [-0.3, -0.25) is 9.79 Å². The second kappa shape index (κ2) is 14.2. The highest BCUT2D eigenvalue weighted by Gasteiger charge is 2.19. The van der Waals surface area contributed by atoms with Crippen LogP contribution in [0.15, 0.2) is 53.5 Å². The lowest BCUT2D eigenvalue weighted by molar-refractivity contribution is 0.0398. The van der Waals surface area contributed by atoms with E-state index in [1.54, 1.807) is 26.0 Å². The highest BCUT2D eigenvalue weighted by atomic mass is 127. The number of guanidine groups is 1. The quantitative estimate of drug-likeness (QED) is 0.208. The van der Waals surface area contributed by atoms with Crippen LogP contribution in [-0.4, -0.2) is 57.6 Å². The number of nitrogens with one attached hydrogen (secondary N) is 2. The molecule has 1 aliphatic rings. The molecule has 0 spiro atoms. The number of aryl methyl sites for hydroxylation is 1. The minimum Gasteiger partial charge on any atom is -0.373 e. The Morgan fingerprint density at radius 1 is 1.12 bits per heavy atom. The van der Waals surface area contributed by atoms with Gasteiger partial charge in [-0.1, -0.05) is 36.4 Å². The first-order chi connectivity index (χ1) is 15.6. The molecule has 1 unspecified atom stereocenters. The third-order valence-corrected chi connectivity index (χ3v) is 5.76. The van der Waals surface area contributed by atoms with Gasteiger partial charge in [-0.15, -0.1) is 24.0 Å². The Hall–Kier alpha value is -2.13. The molecule has 1 aliphatic carbocycles. The summed E-state index contributed by atoms with van der Waals surface area (Å²) in [5.74, 6) is 0.810. The van der Waals surface area contributed by atoms with Crippen molar-refractivity contribution in [2.45, 2.75) is 38.2 Å². The van der Waals surface area contributed by atoms with Gasteiger partial charge in [-0.25, -0.2) is 0 Å². The second-order valence-electron chi connectivity index (χ2n) is 8.38. The minimum absolute atomic E-state index is 0. The van der Waals surface area contributed by atoms with E-state index in [0.717, 1.165) is 62.5 Å². The maximum atomic E-state index is 12.1. The number of amides is 1. The maximum Gasteiger partial charge on any atom is 0.253 e. The zero-order valence-electron chi connectivity index (χ0n) is 20.0. The predicted octanol–water partition coefficient (Wildman–Crippen LogP) is 4.20. The zero-order chi connectivity index (χ0) is 22.8. The number of halogens is 1. The standard InChI is InChI=1S/C26H36N4O2.HI/c1-27-26(29-17-15-20-9-6-12-22(19-20)25(31)30(2)3)28-16-8-18-32-24-14-7-11-21-10-4-5-13-23(21)24;/h4-6,9-10,12-13,19,24H,7-8,11,14-18H2,1-3H3,(H2,27,28,29);1H. The first-order valence-corrected chi connectivity index (χ1v) is 11.5. The van der Waals surface area contributed by atoms with Crippen LogP contribution in [0.2, 0.25) is 0 Å². The molecule has 6 nitrogen and oxygen atoms in total. The number of fused-ring (bicyclic) bond motifs is 1. The van der Waals surface area contributed by atoms with Crippen LogP contribution in [0.25, 0.3) is 0 Å². The number of nitrogens with zero attached hydrogens (tertiary/aromatic N) is 2. The van der Waals surface area contributed by atoms with Crippen molar-refractivity contribution >= 4 is 35.8 Å². The van der Waals surface area contributed by atoms with Gasteiger partial charge in [0.2, 0.25) is 0 Å². The highest BCUT2D eigenvalue weighted by molar-refractivity contribution is 14.0. The summed E-state index contributed by atoms with van der Waals surface area (Å²) >= 11 is 0. The molecule has 2 aromatic carbocycles. The molecule has 0 bridgehead atoms. The van der Waals surface area contributed by atoms with Gasteiger partial charge in [0.05, 0.1) is 6.10 Å². The van der Waals surface area contributed by atoms with Crippen LogP contribution in [0.5, 0.6) is 0 Å². The molecular weight excluding hydrogens is 527 g/mol. The Balaban J connectivity index is 0.00000385. The van der Waals surface area contributed by atoms with E-state index in [1.807, 2.05) is 24.3 Å². The molecule has 33 heavy (non-hydrogen) atoms. The molecule has 0 heterocycles. The summed E-state index contributed by atoms with van der Waals surface area (Å²) in [6.07, 6.45) is 5.44. The van der Waals surface area contributed by atoms with E-state index in [-0.39, 0.29) is 36.0 Å². The minimum atomic E-state index is 0. The predicted molar refractivity (Wildman–Crippen MR) is 146 cm³/mol. The van der Waals surface area contributed by atoms with Gasteiger partial charge in [0.1, 0.15) is 0 Å². The number of carbonyl (C=O) groups excluding carboxylic acids is 1. The van der Waals surface area contributed by atoms with E-state index in [4.69, 9.17) is 4.74 Å². The number of aliphatic imine (C=N–C) groups is 1. The van der Waals surface area contributed by atoms with Crippen molar-refractivity contribution in [3.05, 3.63) is 70.8 Å². The zero-order valence-corrected chi connectivity index (χ0v) is 22.3. The van der Waals surface area contributed by atoms with Crippen molar-refractivity contribution < 1.29 is 9.53 Å². The van der Waals surface area contributed by atoms with Crippen LogP contribution in [-0.2, 0) is 17.6 Å². The largest absolute Gasteiger partial charge is 0.373 e. The van der Waals surface area contributed by atoms with Crippen molar-refractivity contribution in [2.75, 3.05) is 40.8 Å². The van der Waals surface area contributed by atoms with E-state index >= 15 is 0 Å². The average molecular weight is 565 g/mol. The summed E-state index contributed by atoms with van der Waals surface area (Å²) in [5.41, 5.74) is 4.64. The summed E-state index contributed by atoms with van der Waals surface area (Å²) in [4.78, 5) is 18.0. The fourth-order valence-electron chi connectivity index (χ4n) is 4.05. The molecule has 0 aliphatic heterocycles. The van der Waals surface area contributed by atoms with Gasteiger partial charge in [-0.2, -0.15) is 0 Å². The highest BCUT2D eigenvalue weighted by Crippen LogP contribution is 2.32. The summed E-state index contributed by atoms with van der Waals surface area (Å²) in [7, 11) is 5.32. The molecule has 0 fully saturated rings. The molecule has 0 aromatic heterocycles. The number of ether oxygens (including phenoxy) is 1. The summed E-state index contributed by atoms with van der Waals surface area (Å²) < 4.78 is 6.18. The number of hydrogen-bond acceptors (Lipinski definition) is 3. The summed E-state index contributed by atoms with van der Waals surface area (Å²) in [6.45, 7) is 2.28. The number of hydrogen-bond donors (Lipinski definition) is 2. The van der Waals surface area contributed by atoms with E-state index < -0.39 is 0 Å². The van der Waals surface area contributed by atoms with Crippen LogP contribution < -0.4 is 10.6 Å². The van der Waals surface area contributed by atoms with E-state index in [2.05, 4.69) is 39.9 Å². The van der Waals surface area contributed by atoms with E-state index in [1.165, 1.54) is 17.5 Å². The SMILES string of the molecule is CN=C(NCCCOC1CCCc2ccccc21)NCCc1cccc(C(=O)N(C)C)c1.I. The normalized spacial score (nSPS) is 15.2. The van der Waals surface area contributed by atoms with Crippen LogP contribution >= 0.6 is 24.0 Å². The Bertz CT molecular complexity index is 917. The molecule has 1 amide bonds. The first-order valence-electron chi connectivity index (χ1n) is 11.5. The average Bonchev–Trinajstić information content (AvgIpc) is 2.82. The van der Waals surface area contributed by atoms with E-state index in [0.29, 0.717) is 0 Å². The van der Waals surface area contributed by atoms with Crippen molar-refractivity contribution in [3.63, 3.8) is 0 Å². The molecule has 0 saturated heterocycles. The smallest absolute Gasteiger partial charge is 0.253 e. The van der Waals surface area contributed by atoms with Gasteiger partial charge in [0.15, 0.2) is 5.96 Å². The van der Waals surface area contributed by atoms with Gasteiger partial charge in [0.25, 0.3) is 5.91 Å². The molecule has 0 saturated carbocycles. The van der Waals surface area contributed by atoms with Crippen LogP contribution in [0.1, 0.15) is 52.4 Å². The second-order valence-corrected chi connectivity index (χ2v) is 8.38. The third kappa shape index (κ3) is 8.30. The Morgan fingerprint density at radius 2 is 1.91 bits per heavy atom. The number of carbonyl (C=O) groups is 1. The molecule has 0 radical (unpaired) electrons. The topological polar surface area (TPSA) is 66.0 Å². The van der Waals surface area contributed by atoms with E-state index in [9.17, 15) is 4.79 Å². The van der Waals surface area contributed by atoms with Crippen molar-refractivity contribution in [3.8, 4) is 0 Å². The number of rotatable bonds is 9. The lowest BCUT2D eigenvalue weighted by atomic mass is 9.89. The monoisotopic (exact) mass is 564 g/mol. The maximum absolute atomic E-state index is 12.1. The lowest BCUT2D eigenvalue weighted by Crippen LogP contribution is -2.39. The molecule has 2 N–H and O–H groups in total. The molecular formula is C26H37IN4O2. The molecule has 1 atom stereocenters. The summed E-state index contributed by atoms with van der Waals surface area (Å²) in [5, 5.41) is 6.70. The van der Waals surface area contributed by atoms with Gasteiger partial charge in [0, 0.05) is 46.4 Å². The van der Waals surface area contributed by atoms with Crippen molar-refractivity contribution in [2.24, 2.45) is 4.99 Å². The first kappa shape index (κ1) is 27.1. The molecule has 3 rings (SSSR count). The fraction of sp³-hybridized carbons (Fsp3) is 0.462. The van der Waals surface area contributed by atoms with Crippen molar-refractivity contribution in [1.82, 2.24) is 15.5 Å². The Morgan fingerprint density at radius 3 is 2.70 bits per heavy atom. The lowest BCUT2D eigenvalue weighted by Gasteiger charge is -2.25. The van der Waals surface area contributed by atoms with Crippen LogP contribution in [0.4, 0.5) is 0 Å². The van der Waals surface area contributed by atoms with Crippen LogP contribution in [0.3, 0.4) is 0 Å². The van der Waals surface area contributed by atoms with Gasteiger partial charge >= 0.3 is 0 Å². The third-order valence-electron chi connectivity index (χ3n) is 5.76. The summed E-state index contributed by atoms with van der Waals surface area (Å²) in [6, 6.07) is 16.4.